The Morgan fingerprint density at radius 2 is 2.00 bits per heavy atom. The lowest BCUT2D eigenvalue weighted by atomic mass is 10.0. The van der Waals surface area contributed by atoms with Gasteiger partial charge in [0.1, 0.15) is 16.9 Å². The highest BCUT2D eigenvalue weighted by Gasteiger charge is 2.25. The van der Waals surface area contributed by atoms with Crippen LogP contribution >= 0.6 is 23.5 Å². The van der Waals surface area contributed by atoms with Crippen LogP contribution < -0.4 is 25.0 Å². The highest BCUT2D eigenvalue weighted by molar-refractivity contribution is 7.96. The minimum Gasteiger partial charge on any atom is -0.494 e. The number of hydrogen-bond donors (Lipinski definition) is 2. The Balaban J connectivity index is 1.59. The van der Waals surface area contributed by atoms with Gasteiger partial charge in [-0.2, -0.15) is 4.98 Å². The van der Waals surface area contributed by atoms with Crippen LogP contribution in [0.25, 0.3) is 0 Å². The Bertz CT molecular complexity index is 1160. The molecule has 1 unspecified atom stereocenters. The van der Waals surface area contributed by atoms with Gasteiger partial charge in [-0.25, -0.2) is 9.29 Å². The van der Waals surface area contributed by atoms with Crippen molar-refractivity contribution in [2.75, 3.05) is 69.2 Å². The Morgan fingerprint density at radius 3 is 2.67 bits per heavy atom. The fourth-order valence-electron chi connectivity index (χ4n) is 4.94. The quantitative estimate of drug-likeness (QED) is 0.308. The molecule has 1 amide bonds. The number of hydrogen-bond acceptors (Lipinski definition) is 10. The van der Waals surface area contributed by atoms with E-state index in [0.717, 1.165) is 57.5 Å². The molecule has 212 valence electrons. The number of carbonyl (C=O) groups is 1. The van der Waals surface area contributed by atoms with E-state index >= 15 is 0 Å². The van der Waals surface area contributed by atoms with E-state index in [-0.39, 0.29) is 12.0 Å². The maximum Gasteiger partial charge on any atom is 0.247 e. The van der Waals surface area contributed by atoms with Crippen molar-refractivity contribution in [3.63, 3.8) is 0 Å². The summed E-state index contributed by atoms with van der Waals surface area (Å²) < 4.78 is 14.2. The SMILES string of the molecule is C=CC(=O)Nc1cc(Nc2ncc(Cl)c(OC3CCCN(SC)C3)n2)c(OC)cc1N1CCC(N(C)C)CC1. The molecule has 1 aromatic heterocycles. The summed E-state index contributed by atoms with van der Waals surface area (Å²) in [7, 11) is 5.84. The minimum atomic E-state index is -0.291. The molecule has 0 radical (unpaired) electrons. The number of halogens is 1. The van der Waals surface area contributed by atoms with Crippen LogP contribution in [0.4, 0.5) is 23.0 Å². The van der Waals surface area contributed by atoms with Gasteiger partial charge in [-0.15, -0.1) is 0 Å². The fraction of sp³-hybridized carbons (Fsp3) is 0.519. The topological polar surface area (TPSA) is 95.1 Å². The summed E-state index contributed by atoms with van der Waals surface area (Å²) in [6.07, 6.45) is 8.90. The first-order chi connectivity index (χ1) is 18.8. The molecule has 2 aliphatic rings. The summed E-state index contributed by atoms with van der Waals surface area (Å²) in [5.74, 6) is 0.952. The zero-order chi connectivity index (χ0) is 27.9. The van der Waals surface area contributed by atoms with Crippen LogP contribution in [-0.4, -0.2) is 90.9 Å². The number of aromatic nitrogens is 2. The number of piperidine rings is 2. The molecule has 0 bridgehead atoms. The van der Waals surface area contributed by atoms with Crippen LogP contribution in [0, 0.1) is 0 Å². The monoisotopic (exact) mass is 575 g/mol. The normalized spacial score (nSPS) is 18.6. The highest BCUT2D eigenvalue weighted by atomic mass is 35.5. The van der Waals surface area contributed by atoms with Gasteiger partial charge in [-0.1, -0.05) is 30.1 Å². The predicted molar refractivity (Wildman–Crippen MR) is 160 cm³/mol. The molecule has 1 aromatic carbocycles. The van der Waals surface area contributed by atoms with E-state index in [2.05, 4.69) is 61.6 Å². The van der Waals surface area contributed by atoms with Crippen molar-refractivity contribution >= 4 is 52.5 Å². The van der Waals surface area contributed by atoms with E-state index in [0.29, 0.717) is 40.0 Å². The third-order valence-electron chi connectivity index (χ3n) is 7.13. The zero-order valence-electron chi connectivity index (χ0n) is 23.1. The molecule has 4 rings (SSSR count). The molecule has 1 atom stereocenters. The summed E-state index contributed by atoms with van der Waals surface area (Å²) in [5.41, 5.74) is 2.14. The van der Waals surface area contributed by atoms with E-state index < -0.39 is 0 Å². The van der Waals surface area contributed by atoms with Crippen molar-refractivity contribution in [1.82, 2.24) is 19.2 Å². The lowest BCUT2D eigenvalue weighted by molar-refractivity contribution is -0.111. The van der Waals surface area contributed by atoms with Crippen LogP contribution in [0.5, 0.6) is 11.6 Å². The van der Waals surface area contributed by atoms with Crippen LogP contribution in [-0.2, 0) is 4.79 Å². The van der Waals surface area contributed by atoms with Crippen molar-refractivity contribution < 1.29 is 14.3 Å². The maximum absolute atomic E-state index is 12.3. The van der Waals surface area contributed by atoms with Gasteiger partial charge in [0.15, 0.2) is 0 Å². The molecule has 10 nitrogen and oxygen atoms in total. The van der Waals surface area contributed by atoms with Crippen molar-refractivity contribution in [3.05, 3.63) is 36.0 Å². The standard InChI is InChI=1S/C27H38ClN7O3S/c1-6-25(36)30-21-14-22(24(37-4)15-23(21)34-12-9-18(10-13-34)33(2)3)31-27-29-16-20(28)26(32-27)38-19-8-7-11-35(17-19)39-5/h6,14-16,18-19H,1,7-13,17H2,2-5H3,(H,30,36)(H,29,31,32). The molecular weight excluding hydrogens is 538 g/mol. The van der Waals surface area contributed by atoms with Gasteiger partial charge in [-0.3, -0.25) is 4.79 Å². The molecule has 2 saturated heterocycles. The minimum absolute atomic E-state index is 0.00220. The van der Waals surface area contributed by atoms with Crippen LogP contribution in [0.1, 0.15) is 25.7 Å². The number of nitrogens with zero attached hydrogens (tertiary/aromatic N) is 5. The van der Waals surface area contributed by atoms with Crippen LogP contribution in [0.2, 0.25) is 5.02 Å². The summed E-state index contributed by atoms with van der Waals surface area (Å²) in [6.45, 7) is 7.18. The first-order valence-corrected chi connectivity index (χ1v) is 14.7. The van der Waals surface area contributed by atoms with Crippen molar-refractivity contribution in [2.24, 2.45) is 0 Å². The summed E-state index contributed by atoms with van der Waals surface area (Å²) >= 11 is 8.11. The molecule has 2 aromatic rings. The lowest BCUT2D eigenvalue weighted by Gasteiger charge is -2.37. The zero-order valence-corrected chi connectivity index (χ0v) is 24.6. The summed E-state index contributed by atoms with van der Waals surface area (Å²) in [4.78, 5) is 25.8. The largest absolute Gasteiger partial charge is 0.494 e. The molecule has 0 saturated carbocycles. The van der Waals surface area contributed by atoms with Gasteiger partial charge in [0.2, 0.25) is 17.7 Å². The number of anilines is 4. The molecule has 2 aliphatic heterocycles. The number of rotatable bonds is 10. The molecule has 3 heterocycles. The van der Waals surface area contributed by atoms with Gasteiger partial charge in [0.05, 0.1) is 30.4 Å². The van der Waals surface area contributed by atoms with Crippen molar-refractivity contribution in [2.45, 2.75) is 37.8 Å². The third kappa shape index (κ3) is 7.47. The average Bonchev–Trinajstić information content (AvgIpc) is 2.95. The van der Waals surface area contributed by atoms with Crippen LogP contribution in [0.3, 0.4) is 0 Å². The Labute approximate surface area is 240 Å². The number of amides is 1. The molecule has 2 N–H and O–H groups in total. The second-order valence-electron chi connectivity index (χ2n) is 9.87. The van der Waals surface area contributed by atoms with E-state index in [1.807, 2.05) is 12.1 Å². The first-order valence-electron chi connectivity index (χ1n) is 13.1. The van der Waals surface area contributed by atoms with Gasteiger partial charge in [0.25, 0.3) is 0 Å². The fourth-order valence-corrected chi connectivity index (χ4v) is 5.71. The van der Waals surface area contributed by atoms with Crippen molar-refractivity contribution in [3.8, 4) is 11.6 Å². The second-order valence-corrected chi connectivity index (χ2v) is 11.2. The summed E-state index contributed by atoms with van der Waals surface area (Å²) in [5, 5.41) is 6.54. The number of methoxy groups -OCH3 is 1. The number of benzene rings is 1. The third-order valence-corrected chi connectivity index (χ3v) is 8.24. The van der Waals surface area contributed by atoms with Gasteiger partial charge in [-0.05, 0) is 58.2 Å². The Kier molecular flexibility index (Phi) is 10.2. The van der Waals surface area contributed by atoms with Crippen LogP contribution in [0.15, 0.2) is 31.0 Å². The molecule has 0 aliphatic carbocycles. The molecule has 2 fully saturated rings. The number of nitrogens with one attached hydrogen (secondary N) is 2. The molecule has 12 heteroatoms. The van der Waals surface area contributed by atoms with Crippen molar-refractivity contribution in [1.29, 1.82) is 0 Å². The molecule has 0 spiro atoms. The van der Waals surface area contributed by atoms with E-state index in [4.69, 9.17) is 21.1 Å². The van der Waals surface area contributed by atoms with E-state index in [9.17, 15) is 4.79 Å². The predicted octanol–water partition coefficient (Wildman–Crippen LogP) is 4.66. The maximum atomic E-state index is 12.3. The molecular formula is C27H38ClN7O3S. The average molecular weight is 576 g/mol. The van der Waals surface area contributed by atoms with Gasteiger partial charge in [0, 0.05) is 38.3 Å². The highest BCUT2D eigenvalue weighted by Crippen LogP contribution is 2.39. The summed E-state index contributed by atoms with van der Waals surface area (Å²) in [6, 6.07) is 4.30. The Morgan fingerprint density at radius 1 is 1.23 bits per heavy atom. The number of ether oxygens (including phenoxy) is 2. The number of carbonyl (C=O) groups excluding carboxylic acids is 1. The van der Waals surface area contributed by atoms with E-state index in [1.54, 1.807) is 19.1 Å². The lowest BCUT2D eigenvalue weighted by Crippen LogP contribution is -2.42. The smallest absolute Gasteiger partial charge is 0.247 e. The van der Waals surface area contributed by atoms with Gasteiger partial charge < -0.3 is 29.9 Å². The molecule has 39 heavy (non-hydrogen) atoms. The van der Waals surface area contributed by atoms with E-state index in [1.165, 1.54) is 12.3 Å². The first kappa shape index (κ1) is 29.3. The Hall–Kier alpha value is -2.73. The second kappa shape index (κ2) is 13.6. The van der Waals surface area contributed by atoms with Gasteiger partial charge >= 0.3 is 0 Å².